The van der Waals surface area contributed by atoms with Gasteiger partial charge in [0.15, 0.2) is 5.82 Å². The molecule has 0 aliphatic carbocycles. The van der Waals surface area contributed by atoms with Crippen LogP contribution in [0.5, 0.6) is 0 Å². The number of rotatable bonds is 5. The Morgan fingerprint density at radius 1 is 1.53 bits per heavy atom. The summed E-state index contributed by atoms with van der Waals surface area (Å²) < 4.78 is 6.71. The third kappa shape index (κ3) is 3.01. The summed E-state index contributed by atoms with van der Waals surface area (Å²) in [5.41, 5.74) is 1.87. The summed E-state index contributed by atoms with van der Waals surface area (Å²) in [6.45, 7) is 4.72. The Morgan fingerprint density at radius 2 is 2.32 bits per heavy atom. The van der Waals surface area contributed by atoms with Crippen LogP contribution in [0.1, 0.15) is 19.0 Å². The van der Waals surface area contributed by atoms with Crippen LogP contribution in [-0.2, 0) is 9.53 Å². The molecule has 0 spiro atoms. The van der Waals surface area contributed by atoms with Gasteiger partial charge in [0, 0.05) is 26.0 Å². The quantitative estimate of drug-likeness (QED) is 0.763. The van der Waals surface area contributed by atoms with Crippen LogP contribution in [0.15, 0.2) is 18.5 Å². The van der Waals surface area contributed by atoms with E-state index in [2.05, 4.69) is 10.1 Å². The zero-order chi connectivity index (χ0) is 13.8. The molecule has 0 radical (unpaired) electrons. The minimum absolute atomic E-state index is 0.189. The van der Waals surface area contributed by atoms with Crippen LogP contribution in [0.2, 0.25) is 0 Å². The number of carbonyl (C=O) groups excluding carboxylic acids is 1. The Hall–Kier alpha value is -2.11. The van der Waals surface area contributed by atoms with Gasteiger partial charge in [-0.25, -0.2) is 9.50 Å². The molecule has 19 heavy (non-hydrogen) atoms. The lowest BCUT2D eigenvalue weighted by molar-refractivity contribution is -0.142. The van der Waals surface area contributed by atoms with Gasteiger partial charge in [0.25, 0.3) is 0 Å². The van der Waals surface area contributed by atoms with Crippen LogP contribution in [0.3, 0.4) is 0 Å². The number of hydrogen-bond acceptors (Lipinski definition) is 5. The molecule has 0 bridgehead atoms. The highest BCUT2D eigenvalue weighted by atomic mass is 16.5. The summed E-state index contributed by atoms with van der Waals surface area (Å²) in [7, 11) is 1.91. The van der Waals surface area contributed by atoms with Gasteiger partial charge in [-0.3, -0.25) is 4.79 Å². The lowest BCUT2D eigenvalue weighted by Crippen LogP contribution is -2.23. The molecule has 6 heteroatoms. The maximum atomic E-state index is 11.4. The summed E-state index contributed by atoms with van der Waals surface area (Å²) in [6.07, 6.45) is 3.86. The van der Waals surface area contributed by atoms with Crippen molar-refractivity contribution in [1.29, 1.82) is 0 Å². The Bertz CT molecular complexity index is 579. The Morgan fingerprint density at radius 3 is 3.05 bits per heavy atom. The highest BCUT2D eigenvalue weighted by molar-refractivity contribution is 5.72. The molecule has 2 rings (SSSR count). The van der Waals surface area contributed by atoms with Crippen molar-refractivity contribution < 1.29 is 9.53 Å². The second-order valence-electron chi connectivity index (χ2n) is 4.34. The highest BCUT2D eigenvalue weighted by Gasteiger charge is 2.11. The average molecular weight is 262 g/mol. The molecule has 0 amide bonds. The van der Waals surface area contributed by atoms with E-state index < -0.39 is 0 Å². The van der Waals surface area contributed by atoms with Crippen molar-refractivity contribution in [2.45, 2.75) is 20.3 Å². The van der Waals surface area contributed by atoms with Crippen molar-refractivity contribution in [2.75, 3.05) is 25.1 Å². The van der Waals surface area contributed by atoms with Crippen LogP contribution in [0.25, 0.3) is 5.52 Å². The molecule has 0 fully saturated rings. The van der Waals surface area contributed by atoms with E-state index in [4.69, 9.17) is 4.74 Å². The maximum absolute atomic E-state index is 11.4. The van der Waals surface area contributed by atoms with Crippen LogP contribution in [0.4, 0.5) is 5.82 Å². The number of carbonyl (C=O) groups is 1. The number of hydrogen-bond donors (Lipinski definition) is 0. The predicted molar refractivity (Wildman–Crippen MR) is 72.2 cm³/mol. The summed E-state index contributed by atoms with van der Waals surface area (Å²) in [4.78, 5) is 17.7. The smallest absolute Gasteiger partial charge is 0.307 e. The number of fused-ring (bicyclic) bond motifs is 1. The van der Waals surface area contributed by atoms with Crippen molar-refractivity contribution in [3.05, 3.63) is 24.2 Å². The highest BCUT2D eigenvalue weighted by Crippen LogP contribution is 2.18. The van der Waals surface area contributed by atoms with Gasteiger partial charge in [-0.15, -0.1) is 0 Å². The van der Waals surface area contributed by atoms with Gasteiger partial charge in [-0.05, 0) is 19.9 Å². The normalized spacial score (nSPS) is 10.7. The summed E-state index contributed by atoms with van der Waals surface area (Å²) in [5, 5.41) is 4.34. The van der Waals surface area contributed by atoms with E-state index in [1.165, 1.54) is 0 Å². The number of aryl methyl sites for hydroxylation is 1. The van der Waals surface area contributed by atoms with E-state index in [-0.39, 0.29) is 5.97 Å². The predicted octanol–water partition coefficient (Wildman–Crippen LogP) is 1.43. The number of aromatic nitrogens is 3. The van der Waals surface area contributed by atoms with Crippen molar-refractivity contribution in [3.63, 3.8) is 0 Å². The third-order valence-electron chi connectivity index (χ3n) is 2.81. The van der Waals surface area contributed by atoms with E-state index in [0.29, 0.717) is 19.6 Å². The lowest BCUT2D eigenvalue weighted by atomic mass is 10.3. The monoisotopic (exact) mass is 262 g/mol. The molecule has 0 saturated heterocycles. The SMILES string of the molecule is CCOC(=O)CCN(C)c1nccn2nc(C)cc12. The van der Waals surface area contributed by atoms with Crippen LogP contribution in [0, 0.1) is 6.92 Å². The van der Waals surface area contributed by atoms with Crippen LogP contribution < -0.4 is 4.90 Å². The van der Waals surface area contributed by atoms with Crippen molar-refractivity contribution >= 4 is 17.3 Å². The van der Waals surface area contributed by atoms with E-state index in [0.717, 1.165) is 17.0 Å². The van der Waals surface area contributed by atoms with Gasteiger partial charge < -0.3 is 9.64 Å². The first-order valence-corrected chi connectivity index (χ1v) is 6.29. The first-order valence-electron chi connectivity index (χ1n) is 6.29. The molecule has 0 aliphatic rings. The van der Waals surface area contributed by atoms with Gasteiger partial charge in [-0.1, -0.05) is 0 Å². The van der Waals surface area contributed by atoms with E-state index in [9.17, 15) is 4.79 Å². The second-order valence-corrected chi connectivity index (χ2v) is 4.34. The molecule has 0 aromatic carbocycles. The molecule has 6 nitrogen and oxygen atoms in total. The molecule has 2 aromatic rings. The number of esters is 1. The van der Waals surface area contributed by atoms with Gasteiger partial charge in [0.05, 0.1) is 18.7 Å². The van der Waals surface area contributed by atoms with Crippen molar-refractivity contribution in [1.82, 2.24) is 14.6 Å². The fourth-order valence-electron chi connectivity index (χ4n) is 1.92. The number of anilines is 1. The minimum Gasteiger partial charge on any atom is -0.466 e. The molecule has 0 atom stereocenters. The largest absolute Gasteiger partial charge is 0.466 e. The van der Waals surface area contributed by atoms with E-state index in [1.807, 2.05) is 31.1 Å². The first kappa shape index (κ1) is 13.3. The minimum atomic E-state index is -0.189. The third-order valence-corrected chi connectivity index (χ3v) is 2.81. The standard InChI is InChI=1S/C13H18N4O2/c1-4-19-12(18)5-7-16(3)13-11-9-10(2)15-17(11)8-6-14-13/h6,8-9H,4-5,7H2,1-3H3. The van der Waals surface area contributed by atoms with Crippen LogP contribution >= 0.6 is 0 Å². The maximum Gasteiger partial charge on any atom is 0.307 e. The molecule has 2 heterocycles. The zero-order valence-electron chi connectivity index (χ0n) is 11.5. The summed E-state index contributed by atoms with van der Waals surface area (Å²) in [6, 6.07) is 1.98. The lowest BCUT2D eigenvalue weighted by Gasteiger charge is -2.18. The van der Waals surface area contributed by atoms with Crippen LogP contribution in [-0.4, -0.2) is 40.8 Å². The molecule has 0 N–H and O–H groups in total. The Balaban J connectivity index is 2.12. The topological polar surface area (TPSA) is 59.7 Å². The first-order chi connectivity index (χ1) is 9.11. The fourth-order valence-corrected chi connectivity index (χ4v) is 1.92. The molecular weight excluding hydrogens is 244 g/mol. The van der Waals surface area contributed by atoms with E-state index >= 15 is 0 Å². The van der Waals surface area contributed by atoms with Gasteiger partial charge >= 0.3 is 5.97 Å². The molecule has 0 saturated carbocycles. The molecular formula is C13H18N4O2. The molecule has 102 valence electrons. The zero-order valence-corrected chi connectivity index (χ0v) is 11.5. The molecule has 2 aromatic heterocycles. The molecule has 0 aliphatic heterocycles. The molecule has 0 unspecified atom stereocenters. The Labute approximate surface area is 112 Å². The second kappa shape index (κ2) is 5.69. The van der Waals surface area contributed by atoms with Gasteiger partial charge in [-0.2, -0.15) is 5.10 Å². The van der Waals surface area contributed by atoms with E-state index in [1.54, 1.807) is 17.6 Å². The van der Waals surface area contributed by atoms with Gasteiger partial charge in [0.2, 0.25) is 0 Å². The number of nitrogens with zero attached hydrogens (tertiary/aromatic N) is 4. The summed E-state index contributed by atoms with van der Waals surface area (Å²) >= 11 is 0. The van der Waals surface area contributed by atoms with Crippen molar-refractivity contribution in [2.24, 2.45) is 0 Å². The number of ether oxygens (including phenoxy) is 1. The average Bonchev–Trinajstić information content (AvgIpc) is 2.76. The van der Waals surface area contributed by atoms with Crippen molar-refractivity contribution in [3.8, 4) is 0 Å². The van der Waals surface area contributed by atoms with Gasteiger partial charge in [0.1, 0.15) is 5.52 Å². The summed E-state index contributed by atoms with van der Waals surface area (Å²) in [5.74, 6) is 0.624. The fraction of sp³-hybridized carbons (Fsp3) is 0.462. The Kier molecular flexibility index (Phi) is 3.99.